The fourth-order valence-corrected chi connectivity index (χ4v) is 3.03. The van der Waals surface area contributed by atoms with Crippen molar-refractivity contribution in [2.45, 2.75) is 31.6 Å². The molecule has 0 fully saturated rings. The highest BCUT2D eigenvalue weighted by molar-refractivity contribution is 7.89. The van der Waals surface area contributed by atoms with Gasteiger partial charge in [0.1, 0.15) is 0 Å². The SMILES string of the molecule is C=CCCCN(C=C=C(C)C)S(=O)(=O)c1ccc([N+](=O)[O-])cc1. The van der Waals surface area contributed by atoms with Gasteiger partial charge in [0.05, 0.1) is 16.0 Å². The Balaban J connectivity index is 3.17. The van der Waals surface area contributed by atoms with Gasteiger partial charge < -0.3 is 0 Å². The van der Waals surface area contributed by atoms with E-state index in [1.165, 1.54) is 34.8 Å². The number of unbranched alkanes of at least 4 members (excludes halogenated alkanes) is 1. The Morgan fingerprint density at radius 1 is 1.35 bits per heavy atom. The number of hydrogen-bond donors (Lipinski definition) is 0. The maximum atomic E-state index is 12.7. The first-order chi connectivity index (χ1) is 10.8. The second-order valence-corrected chi connectivity index (χ2v) is 6.96. The van der Waals surface area contributed by atoms with Gasteiger partial charge in [-0.25, -0.2) is 8.42 Å². The Kier molecular flexibility index (Phi) is 6.75. The lowest BCUT2D eigenvalue weighted by Crippen LogP contribution is -2.27. The van der Waals surface area contributed by atoms with Gasteiger partial charge in [0, 0.05) is 18.7 Å². The Morgan fingerprint density at radius 3 is 2.43 bits per heavy atom. The molecular weight excluding hydrogens is 316 g/mol. The summed E-state index contributed by atoms with van der Waals surface area (Å²) in [6.45, 7) is 7.53. The number of hydrogen-bond acceptors (Lipinski definition) is 4. The van der Waals surface area contributed by atoms with Gasteiger partial charge in [0.25, 0.3) is 15.7 Å². The molecule has 0 bridgehead atoms. The number of nitro benzene ring substituents is 1. The van der Waals surface area contributed by atoms with Crippen LogP contribution < -0.4 is 0 Å². The van der Waals surface area contributed by atoms with Crippen molar-refractivity contribution in [1.82, 2.24) is 4.31 Å². The summed E-state index contributed by atoms with van der Waals surface area (Å²) >= 11 is 0. The average Bonchev–Trinajstić information content (AvgIpc) is 2.50. The minimum Gasteiger partial charge on any atom is -0.266 e. The normalized spacial score (nSPS) is 10.5. The molecule has 0 heterocycles. The van der Waals surface area contributed by atoms with Crippen LogP contribution in [0.2, 0.25) is 0 Å². The number of non-ortho nitro benzene ring substituents is 1. The summed E-state index contributed by atoms with van der Waals surface area (Å²) in [6, 6.07) is 4.84. The second kappa shape index (κ2) is 8.31. The van der Waals surface area contributed by atoms with Crippen LogP contribution in [0.5, 0.6) is 0 Å². The summed E-state index contributed by atoms with van der Waals surface area (Å²) < 4.78 is 26.5. The molecule has 0 unspecified atom stereocenters. The lowest BCUT2D eigenvalue weighted by Gasteiger charge is -2.19. The van der Waals surface area contributed by atoms with Gasteiger partial charge >= 0.3 is 0 Å². The molecule has 0 aliphatic heterocycles. The summed E-state index contributed by atoms with van der Waals surface area (Å²) in [5.41, 5.74) is 3.58. The Morgan fingerprint density at radius 2 is 1.96 bits per heavy atom. The van der Waals surface area contributed by atoms with Crippen LogP contribution in [-0.2, 0) is 10.0 Å². The standard InChI is InChI=1S/C16H20N2O4S/c1-4-5-6-12-17(13-11-14(2)3)23(21,22)16-9-7-15(8-10-16)18(19)20/h4,7-10,13H,1,5-6,12H2,2-3H3. The van der Waals surface area contributed by atoms with Gasteiger partial charge in [0.15, 0.2) is 0 Å². The van der Waals surface area contributed by atoms with E-state index >= 15 is 0 Å². The second-order valence-electron chi connectivity index (χ2n) is 5.07. The van der Waals surface area contributed by atoms with E-state index in [-0.39, 0.29) is 17.1 Å². The molecule has 0 aromatic heterocycles. The van der Waals surface area contributed by atoms with E-state index in [0.29, 0.717) is 12.8 Å². The molecule has 1 aromatic rings. The molecule has 23 heavy (non-hydrogen) atoms. The van der Waals surface area contributed by atoms with Crippen molar-refractivity contribution < 1.29 is 13.3 Å². The molecule has 0 spiro atoms. The number of benzene rings is 1. The molecule has 0 aliphatic carbocycles. The lowest BCUT2D eigenvalue weighted by atomic mass is 10.3. The highest BCUT2D eigenvalue weighted by Crippen LogP contribution is 2.20. The van der Waals surface area contributed by atoms with Gasteiger partial charge in [0.2, 0.25) is 0 Å². The molecule has 7 heteroatoms. The van der Waals surface area contributed by atoms with E-state index in [1.54, 1.807) is 6.08 Å². The highest BCUT2D eigenvalue weighted by Gasteiger charge is 2.22. The van der Waals surface area contributed by atoms with Gasteiger partial charge in [-0.05, 0) is 44.4 Å². The maximum Gasteiger partial charge on any atom is 0.269 e. The van der Waals surface area contributed by atoms with E-state index in [0.717, 1.165) is 5.57 Å². The van der Waals surface area contributed by atoms with Crippen LogP contribution >= 0.6 is 0 Å². The molecule has 0 N–H and O–H groups in total. The fourth-order valence-electron chi connectivity index (χ4n) is 1.72. The zero-order chi connectivity index (χ0) is 17.5. The molecule has 0 aliphatic rings. The fraction of sp³-hybridized carbons (Fsp3) is 0.312. The quantitative estimate of drug-likeness (QED) is 0.239. The van der Waals surface area contributed by atoms with Crippen molar-refractivity contribution in [1.29, 1.82) is 0 Å². The molecule has 0 atom stereocenters. The number of allylic oxidation sites excluding steroid dienone is 2. The number of nitro groups is 1. The molecule has 124 valence electrons. The molecule has 0 radical (unpaired) electrons. The van der Waals surface area contributed by atoms with Crippen molar-refractivity contribution in [2.75, 3.05) is 6.54 Å². The van der Waals surface area contributed by atoms with E-state index in [9.17, 15) is 18.5 Å². The first-order valence-electron chi connectivity index (χ1n) is 7.06. The van der Waals surface area contributed by atoms with Crippen LogP contribution in [-0.4, -0.2) is 24.2 Å². The summed E-state index contributed by atoms with van der Waals surface area (Å²) in [7, 11) is -3.77. The van der Waals surface area contributed by atoms with Gasteiger partial charge in [-0.1, -0.05) is 6.08 Å². The van der Waals surface area contributed by atoms with Crippen LogP contribution in [0.4, 0.5) is 5.69 Å². The van der Waals surface area contributed by atoms with Crippen molar-refractivity contribution >= 4 is 15.7 Å². The smallest absolute Gasteiger partial charge is 0.266 e. The molecule has 0 amide bonds. The number of nitrogens with zero attached hydrogens (tertiary/aromatic N) is 2. The maximum absolute atomic E-state index is 12.7. The molecular formula is C16H20N2O4S. The van der Waals surface area contributed by atoms with Gasteiger partial charge in [-0.2, -0.15) is 0 Å². The van der Waals surface area contributed by atoms with E-state index in [4.69, 9.17) is 0 Å². The topological polar surface area (TPSA) is 80.5 Å². The minimum absolute atomic E-state index is 0.00788. The zero-order valence-corrected chi connectivity index (χ0v) is 14.0. The monoisotopic (exact) mass is 336 g/mol. The van der Waals surface area contributed by atoms with Gasteiger partial charge in [-0.15, -0.1) is 12.3 Å². The van der Waals surface area contributed by atoms with Crippen LogP contribution in [0.25, 0.3) is 0 Å². The predicted octanol–water partition coefficient (Wildman–Crippen LogP) is 3.63. The summed E-state index contributed by atoms with van der Waals surface area (Å²) in [6.07, 6.45) is 4.43. The van der Waals surface area contributed by atoms with E-state index in [1.807, 2.05) is 13.8 Å². The van der Waals surface area contributed by atoms with E-state index < -0.39 is 14.9 Å². The Bertz CT molecular complexity index is 726. The molecule has 6 nitrogen and oxygen atoms in total. The highest BCUT2D eigenvalue weighted by atomic mass is 32.2. The first-order valence-corrected chi connectivity index (χ1v) is 8.50. The summed E-state index contributed by atoms with van der Waals surface area (Å²) in [5.74, 6) is 0. The predicted molar refractivity (Wildman–Crippen MR) is 89.4 cm³/mol. The summed E-state index contributed by atoms with van der Waals surface area (Å²) in [4.78, 5) is 10.1. The van der Waals surface area contributed by atoms with Crippen molar-refractivity contribution in [3.63, 3.8) is 0 Å². The molecule has 0 saturated carbocycles. The van der Waals surface area contributed by atoms with Crippen LogP contribution in [0, 0.1) is 10.1 Å². The first kappa shape index (κ1) is 18.7. The number of rotatable bonds is 8. The number of sulfonamides is 1. The Labute approximate surface area is 136 Å². The van der Waals surface area contributed by atoms with Crippen molar-refractivity contribution in [3.8, 4) is 0 Å². The van der Waals surface area contributed by atoms with Crippen LogP contribution in [0.3, 0.4) is 0 Å². The zero-order valence-electron chi connectivity index (χ0n) is 13.2. The third kappa shape index (κ3) is 5.39. The average molecular weight is 336 g/mol. The van der Waals surface area contributed by atoms with E-state index in [2.05, 4.69) is 12.3 Å². The summed E-state index contributed by atoms with van der Waals surface area (Å²) in [5, 5.41) is 10.7. The third-order valence-corrected chi connectivity index (χ3v) is 4.71. The lowest BCUT2D eigenvalue weighted by molar-refractivity contribution is -0.384. The van der Waals surface area contributed by atoms with Crippen molar-refractivity contribution in [2.24, 2.45) is 0 Å². The third-order valence-electron chi connectivity index (χ3n) is 2.94. The minimum atomic E-state index is -3.77. The Hall–Kier alpha value is -2.37. The van der Waals surface area contributed by atoms with Crippen molar-refractivity contribution in [3.05, 3.63) is 64.5 Å². The molecule has 0 saturated heterocycles. The molecule has 1 rings (SSSR count). The van der Waals surface area contributed by atoms with Gasteiger partial charge in [-0.3, -0.25) is 14.4 Å². The largest absolute Gasteiger partial charge is 0.269 e. The van der Waals surface area contributed by atoms with Crippen LogP contribution in [0.15, 0.2) is 59.3 Å². The van der Waals surface area contributed by atoms with Crippen LogP contribution in [0.1, 0.15) is 26.7 Å². The molecule has 1 aromatic carbocycles.